The van der Waals surface area contributed by atoms with Crippen molar-refractivity contribution in [1.82, 2.24) is 25.1 Å². The molecule has 0 radical (unpaired) electrons. The molecule has 178 valence electrons. The summed E-state index contributed by atoms with van der Waals surface area (Å²) in [6.07, 6.45) is -1.55. The average molecular weight is 460 g/mol. The van der Waals surface area contributed by atoms with E-state index in [1.54, 1.807) is 34.6 Å². The van der Waals surface area contributed by atoms with Gasteiger partial charge in [-0.2, -0.15) is 5.10 Å². The molecule has 2 aliphatic heterocycles. The first-order valence-corrected chi connectivity index (χ1v) is 10.6. The largest absolute Gasteiger partial charge is 0.444 e. The Morgan fingerprint density at radius 2 is 2.06 bits per heavy atom. The standard InChI is InChI=1S/C21H28N6O6/c1-20(2,3)33-19(29)23-8-6-7-11-13-16(22)24-10-25-17(13)27(26-11)18-15-14(12(9-28)30-18)31-21(4,5)32-15/h10,12,14-15,18,28H,8-9H2,1-5H3,(H,23,29)(H2,22,24,25)/t12-,14-,15-,18-/m1/s1. The number of aromatic nitrogens is 4. The molecule has 0 aliphatic carbocycles. The second-order valence-electron chi connectivity index (χ2n) is 9.22. The molecule has 2 fully saturated rings. The van der Waals surface area contributed by atoms with Gasteiger partial charge < -0.3 is 35.1 Å². The van der Waals surface area contributed by atoms with E-state index in [-0.39, 0.29) is 19.0 Å². The van der Waals surface area contributed by atoms with E-state index in [1.807, 2.05) is 0 Å². The molecule has 2 aromatic heterocycles. The highest BCUT2D eigenvalue weighted by atomic mass is 16.8. The van der Waals surface area contributed by atoms with Gasteiger partial charge in [-0.05, 0) is 40.5 Å². The molecule has 4 atom stereocenters. The quantitative estimate of drug-likeness (QED) is 0.557. The maximum atomic E-state index is 11.8. The van der Waals surface area contributed by atoms with Crippen LogP contribution in [0.2, 0.25) is 0 Å². The van der Waals surface area contributed by atoms with Crippen molar-refractivity contribution >= 4 is 22.9 Å². The number of amides is 1. The summed E-state index contributed by atoms with van der Waals surface area (Å²) >= 11 is 0. The Kier molecular flexibility index (Phi) is 5.92. The molecule has 2 aliphatic rings. The number of nitrogen functional groups attached to an aromatic ring is 1. The number of nitrogens with zero attached hydrogens (tertiary/aromatic N) is 4. The lowest BCUT2D eigenvalue weighted by atomic mass is 10.1. The minimum absolute atomic E-state index is 0.0409. The number of ether oxygens (including phenoxy) is 4. The summed E-state index contributed by atoms with van der Waals surface area (Å²) < 4.78 is 24.7. The molecule has 1 amide bonds. The van der Waals surface area contributed by atoms with Gasteiger partial charge in [-0.3, -0.25) is 0 Å². The molecule has 0 spiro atoms. The number of fused-ring (bicyclic) bond motifs is 2. The Labute approximate surface area is 190 Å². The zero-order valence-electron chi connectivity index (χ0n) is 19.2. The molecule has 2 aromatic rings. The third kappa shape index (κ3) is 4.72. The van der Waals surface area contributed by atoms with Gasteiger partial charge in [0.25, 0.3) is 0 Å². The summed E-state index contributed by atoms with van der Waals surface area (Å²) in [7, 11) is 0. The Hall–Kier alpha value is -2.98. The Morgan fingerprint density at radius 3 is 2.76 bits per heavy atom. The minimum Gasteiger partial charge on any atom is -0.444 e. The average Bonchev–Trinajstić information content (AvgIpc) is 3.33. The Bertz CT molecular complexity index is 1110. The molecule has 12 heteroatoms. The van der Waals surface area contributed by atoms with Crippen molar-refractivity contribution in [2.45, 2.75) is 70.5 Å². The second kappa shape index (κ2) is 8.42. The number of alkyl carbamates (subject to hydrolysis) is 1. The van der Waals surface area contributed by atoms with Gasteiger partial charge in [0.2, 0.25) is 0 Å². The van der Waals surface area contributed by atoms with Crippen molar-refractivity contribution in [2.24, 2.45) is 0 Å². The van der Waals surface area contributed by atoms with Crippen LogP contribution >= 0.6 is 0 Å². The Balaban J connectivity index is 1.62. The summed E-state index contributed by atoms with van der Waals surface area (Å²) in [5.74, 6) is 5.10. The predicted molar refractivity (Wildman–Crippen MR) is 116 cm³/mol. The first kappa shape index (κ1) is 23.2. The lowest BCUT2D eigenvalue weighted by Crippen LogP contribution is -2.32. The fourth-order valence-corrected chi connectivity index (χ4v) is 3.82. The second-order valence-corrected chi connectivity index (χ2v) is 9.22. The SMILES string of the molecule is CC(C)(C)OC(=O)NCC#Cc1nn([C@@H]2O[C@H](CO)[C@H]3OC(C)(C)O[C@H]32)c2ncnc(N)c12. The number of hydrogen-bond donors (Lipinski definition) is 3. The van der Waals surface area contributed by atoms with Crippen LogP contribution in [0, 0.1) is 11.8 Å². The van der Waals surface area contributed by atoms with Crippen molar-refractivity contribution in [3.05, 3.63) is 12.0 Å². The summed E-state index contributed by atoms with van der Waals surface area (Å²) in [5, 5.41) is 17.3. The van der Waals surface area contributed by atoms with E-state index in [1.165, 1.54) is 11.0 Å². The summed E-state index contributed by atoms with van der Waals surface area (Å²) in [5.41, 5.74) is 6.21. The fourth-order valence-electron chi connectivity index (χ4n) is 3.82. The fraction of sp³-hybridized carbons (Fsp3) is 0.619. The van der Waals surface area contributed by atoms with Crippen LogP contribution in [0.3, 0.4) is 0 Å². The van der Waals surface area contributed by atoms with Crippen LogP contribution < -0.4 is 11.1 Å². The zero-order valence-corrected chi connectivity index (χ0v) is 19.2. The Morgan fingerprint density at radius 1 is 1.33 bits per heavy atom. The van der Waals surface area contributed by atoms with Crippen LogP contribution in [-0.2, 0) is 18.9 Å². The van der Waals surface area contributed by atoms with Crippen LogP contribution in [0.15, 0.2) is 6.33 Å². The summed E-state index contributed by atoms with van der Waals surface area (Å²) in [6.45, 7) is 8.72. The monoisotopic (exact) mass is 460 g/mol. The molecule has 0 saturated carbocycles. The number of nitrogens with two attached hydrogens (primary N) is 1. The first-order valence-electron chi connectivity index (χ1n) is 10.6. The van der Waals surface area contributed by atoms with Gasteiger partial charge in [-0.15, -0.1) is 0 Å². The molecule has 33 heavy (non-hydrogen) atoms. The third-order valence-corrected chi connectivity index (χ3v) is 4.99. The van der Waals surface area contributed by atoms with E-state index in [0.29, 0.717) is 16.7 Å². The van der Waals surface area contributed by atoms with Gasteiger partial charge in [0.1, 0.15) is 41.8 Å². The highest BCUT2D eigenvalue weighted by Crippen LogP contribution is 2.43. The van der Waals surface area contributed by atoms with E-state index in [0.717, 1.165) is 0 Å². The van der Waals surface area contributed by atoms with E-state index in [2.05, 4.69) is 32.2 Å². The normalized spacial score (nSPS) is 26.0. The van der Waals surface area contributed by atoms with Crippen LogP contribution in [0.25, 0.3) is 11.0 Å². The van der Waals surface area contributed by atoms with Gasteiger partial charge >= 0.3 is 6.09 Å². The van der Waals surface area contributed by atoms with E-state index >= 15 is 0 Å². The number of carbonyl (C=O) groups excluding carboxylic acids is 1. The molecular weight excluding hydrogens is 432 g/mol. The van der Waals surface area contributed by atoms with Crippen LogP contribution in [0.1, 0.15) is 46.5 Å². The lowest BCUT2D eigenvalue weighted by Gasteiger charge is -2.23. The van der Waals surface area contributed by atoms with Crippen molar-refractivity contribution in [3.63, 3.8) is 0 Å². The highest BCUT2D eigenvalue weighted by molar-refractivity contribution is 5.90. The number of rotatable bonds is 3. The van der Waals surface area contributed by atoms with Gasteiger partial charge in [-0.1, -0.05) is 5.92 Å². The van der Waals surface area contributed by atoms with E-state index in [4.69, 9.17) is 24.7 Å². The molecule has 4 heterocycles. The van der Waals surface area contributed by atoms with E-state index < -0.39 is 42.0 Å². The van der Waals surface area contributed by atoms with Crippen LogP contribution in [-0.4, -0.2) is 73.8 Å². The number of hydrogen-bond acceptors (Lipinski definition) is 10. The summed E-state index contributed by atoms with van der Waals surface area (Å²) in [6, 6.07) is 0. The first-order chi connectivity index (χ1) is 15.5. The third-order valence-electron chi connectivity index (χ3n) is 4.99. The molecule has 2 saturated heterocycles. The molecule has 4 N–H and O–H groups in total. The lowest BCUT2D eigenvalue weighted by molar-refractivity contribution is -0.201. The van der Waals surface area contributed by atoms with Gasteiger partial charge in [0.05, 0.1) is 18.5 Å². The number of aliphatic hydroxyl groups excluding tert-OH is 1. The molecule has 0 aromatic carbocycles. The maximum Gasteiger partial charge on any atom is 0.408 e. The minimum atomic E-state index is -0.836. The van der Waals surface area contributed by atoms with Gasteiger partial charge in [0, 0.05) is 0 Å². The maximum absolute atomic E-state index is 11.8. The van der Waals surface area contributed by atoms with Crippen molar-refractivity contribution in [1.29, 1.82) is 0 Å². The van der Waals surface area contributed by atoms with Gasteiger partial charge in [-0.25, -0.2) is 19.4 Å². The van der Waals surface area contributed by atoms with Crippen LogP contribution in [0.4, 0.5) is 10.6 Å². The molecule has 4 rings (SSSR count). The number of carbonyl (C=O) groups is 1. The van der Waals surface area contributed by atoms with Crippen LogP contribution in [0.5, 0.6) is 0 Å². The van der Waals surface area contributed by atoms with E-state index in [9.17, 15) is 9.90 Å². The van der Waals surface area contributed by atoms with Crippen molar-refractivity contribution < 1.29 is 28.8 Å². The molecule has 0 bridgehead atoms. The number of aliphatic hydroxyl groups is 1. The number of anilines is 1. The zero-order chi connectivity index (χ0) is 24.0. The smallest absolute Gasteiger partial charge is 0.408 e. The molecular formula is C21H28N6O6. The predicted octanol–water partition coefficient (Wildman–Crippen LogP) is 0.695. The highest BCUT2D eigenvalue weighted by Gasteiger charge is 2.56. The van der Waals surface area contributed by atoms with Gasteiger partial charge in [0.15, 0.2) is 17.7 Å². The van der Waals surface area contributed by atoms with Crippen molar-refractivity contribution in [2.75, 3.05) is 18.9 Å². The topological polar surface area (TPSA) is 156 Å². The summed E-state index contributed by atoms with van der Waals surface area (Å²) in [4.78, 5) is 20.2. The molecule has 0 unspecified atom stereocenters. The molecule has 12 nitrogen and oxygen atoms in total. The number of nitrogens with one attached hydrogen (secondary N) is 1. The van der Waals surface area contributed by atoms with Crippen molar-refractivity contribution in [3.8, 4) is 11.8 Å².